The first-order chi connectivity index (χ1) is 16.0. The van der Waals surface area contributed by atoms with Gasteiger partial charge in [-0.1, -0.05) is 48.5 Å². The number of hydrogen-bond donors (Lipinski definition) is 3. The molecule has 7 nitrogen and oxygen atoms in total. The zero-order chi connectivity index (χ0) is 24.8. The van der Waals surface area contributed by atoms with Crippen molar-refractivity contribution in [2.75, 3.05) is 5.32 Å². The summed E-state index contributed by atoms with van der Waals surface area (Å²) in [7, 11) is -3.69. The topological polar surface area (TPSA) is 104 Å². The highest BCUT2D eigenvalue weighted by Crippen LogP contribution is 2.17. The smallest absolute Gasteiger partial charge is 0.251 e. The van der Waals surface area contributed by atoms with E-state index in [0.29, 0.717) is 17.7 Å². The van der Waals surface area contributed by atoms with Crippen LogP contribution in [0.25, 0.3) is 0 Å². The molecule has 1 atom stereocenters. The molecule has 0 aliphatic carbocycles. The van der Waals surface area contributed by atoms with Crippen molar-refractivity contribution in [3.05, 3.63) is 96.1 Å². The molecule has 8 heteroatoms. The Balaban J connectivity index is 1.76. The molecule has 0 fully saturated rings. The van der Waals surface area contributed by atoms with Crippen LogP contribution >= 0.6 is 0 Å². The molecule has 0 unspecified atom stereocenters. The summed E-state index contributed by atoms with van der Waals surface area (Å²) in [4.78, 5) is 25.9. The lowest BCUT2D eigenvalue weighted by Crippen LogP contribution is -2.45. The van der Waals surface area contributed by atoms with Crippen LogP contribution in [0.1, 0.15) is 36.7 Å². The van der Waals surface area contributed by atoms with E-state index in [9.17, 15) is 18.0 Å². The van der Waals surface area contributed by atoms with Crippen LogP contribution in [0.2, 0.25) is 0 Å². The van der Waals surface area contributed by atoms with Crippen molar-refractivity contribution in [2.45, 2.75) is 43.7 Å². The van der Waals surface area contributed by atoms with Crippen LogP contribution in [0.3, 0.4) is 0 Å². The molecule has 2 amide bonds. The van der Waals surface area contributed by atoms with E-state index in [2.05, 4.69) is 15.4 Å². The van der Waals surface area contributed by atoms with Gasteiger partial charge in [0.2, 0.25) is 15.9 Å². The minimum atomic E-state index is -3.69. The third-order valence-corrected chi connectivity index (χ3v) is 6.59. The van der Waals surface area contributed by atoms with E-state index >= 15 is 0 Å². The van der Waals surface area contributed by atoms with E-state index in [0.717, 1.165) is 5.56 Å². The van der Waals surface area contributed by atoms with E-state index in [4.69, 9.17) is 0 Å². The van der Waals surface area contributed by atoms with E-state index in [1.807, 2.05) is 36.4 Å². The molecule has 3 aromatic rings. The first-order valence-corrected chi connectivity index (χ1v) is 12.4. The summed E-state index contributed by atoms with van der Waals surface area (Å²) in [5.74, 6) is -0.761. The third kappa shape index (κ3) is 7.26. The maximum atomic E-state index is 13.1. The zero-order valence-electron chi connectivity index (χ0n) is 19.4. The Labute approximate surface area is 200 Å². The Bertz CT molecular complexity index is 1220. The molecule has 0 radical (unpaired) electrons. The van der Waals surface area contributed by atoms with Gasteiger partial charge in [0.15, 0.2) is 0 Å². The molecule has 34 heavy (non-hydrogen) atoms. The van der Waals surface area contributed by atoms with Crippen molar-refractivity contribution in [3.63, 3.8) is 0 Å². The molecule has 3 N–H and O–H groups in total. The average Bonchev–Trinajstić information content (AvgIpc) is 2.78. The molecule has 0 saturated heterocycles. The maximum absolute atomic E-state index is 13.1. The number of nitrogens with one attached hydrogen (secondary N) is 3. The SMILES string of the molecule is CC(C)(C)NS(=O)(=O)c1ccc(NC(=O)[C@H](Cc2ccccc2)NC(=O)c2ccccc2)cc1. The van der Waals surface area contributed by atoms with Gasteiger partial charge in [-0.25, -0.2) is 13.1 Å². The predicted octanol–water partition coefficient (Wildman–Crippen LogP) is 3.74. The van der Waals surface area contributed by atoms with E-state index in [1.54, 1.807) is 45.0 Å². The van der Waals surface area contributed by atoms with Crippen molar-refractivity contribution >= 4 is 27.5 Å². The molecule has 0 saturated carbocycles. The average molecular weight is 480 g/mol. The molecule has 0 aromatic heterocycles. The van der Waals surface area contributed by atoms with E-state index < -0.39 is 27.5 Å². The van der Waals surface area contributed by atoms with Crippen LogP contribution in [0.15, 0.2) is 89.8 Å². The predicted molar refractivity (Wildman–Crippen MR) is 133 cm³/mol. The summed E-state index contributed by atoms with van der Waals surface area (Å²) in [6, 6.07) is 23.1. The van der Waals surface area contributed by atoms with Crippen molar-refractivity contribution in [3.8, 4) is 0 Å². The fourth-order valence-corrected chi connectivity index (χ4v) is 4.72. The monoisotopic (exact) mass is 479 g/mol. The summed E-state index contributed by atoms with van der Waals surface area (Å²) in [6.07, 6.45) is 0.299. The molecule has 0 spiro atoms. The molecule has 178 valence electrons. The number of hydrogen-bond acceptors (Lipinski definition) is 4. The van der Waals surface area contributed by atoms with Crippen LogP contribution in [0.5, 0.6) is 0 Å². The van der Waals surface area contributed by atoms with Gasteiger partial charge in [0, 0.05) is 23.2 Å². The van der Waals surface area contributed by atoms with Crippen LogP contribution in [0.4, 0.5) is 5.69 Å². The Morgan fingerprint density at radius 3 is 1.94 bits per heavy atom. The van der Waals surface area contributed by atoms with Gasteiger partial charge in [-0.15, -0.1) is 0 Å². The minimum absolute atomic E-state index is 0.0960. The quantitative estimate of drug-likeness (QED) is 0.458. The number of carbonyl (C=O) groups excluding carboxylic acids is 2. The van der Waals surface area contributed by atoms with E-state index in [-0.39, 0.29) is 10.8 Å². The number of amides is 2. The summed E-state index contributed by atoms with van der Waals surface area (Å²) in [6.45, 7) is 5.28. The molecular weight excluding hydrogens is 450 g/mol. The lowest BCUT2D eigenvalue weighted by Gasteiger charge is -2.21. The number of carbonyl (C=O) groups is 2. The van der Waals surface area contributed by atoms with Crippen LogP contribution in [0, 0.1) is 0 Å². The lowest BCUT2D eigenvalue weighted by molar-refractivity contribution is -0.118. The number of benzene rings is 3. The summed E-state index contributed by atoms with van der Waals surface area (Å²) in [5, 5.41) is 5.58. The van der Waals surface area contributed by atoms with Crippen molar-refractivity contribution in [1.29, 1.82) is 0 Å². The van der Waals surface area contributed by atoms with Crippen molar-refractivity contribution in [1.82, 2.24) is 10.0 Å². The second-order valence-corrected chi connectivity index (χ2v) is 10.6. The first-order valence-electron chi connectivity index (χ1n) is 10.9. The van der Waals surface area contributed by atoms with Gasteiger partial charge in [0.1, 0.15) is 6.04 Å². The Morgan fingerprint density at radius 2 is 1.38 bits per heavy atom. The second-order valence-electron chi connectivity index (χ2n) is 8.95. The van der Waals surface area contributed by atoms with Gasteiger partial charge in [-0.05, 0) is 62.7 Å². The summed E-state index contributed by atoms with van der Waals surface area (Å²) >= 11 is 0. The van der Waals surface area contributed by atoms with Gasteiger partial charge in [0.05, 0.1) is 4.90 Å². The van der Waals surface area contributed by atoms with Crippen molar-refractivity contribution in [2.24, 2.45) is 0 Å². The first kappa shape index (κ1) is 25.1. The van der Waals surface area contributed by atoms with Gasteiger partial charge in [-0.3, -0.25) is 9.59 Å². The molecule has 0 bridgehead atoms. The molecule has 0 aliphatic heterocycles. The summed E-state index contributed by atoms with van der Waals surface area (Å²) < 4.78 is 27.6. The van der Waals surface area contributed by atoms with Gasteiger partial charge >= 0.3 is 0 Å². The van der Waals surface area contributed by atoms with E-state index in [1.165, 1.54) is 24.3 Å². The molecular formula is C26H29N3O4S. The maximum Gasteiger partial charge on any atom is 0.251 e. The van der Waals surface area contributed by atoms with Crippen molar-refractivity contribution < 1.29 is 18.0 Å². The minimum Gasteiger partial charge on any atom is -0.340 e. The highest BCUT2D eigenvalue weighted by atomic mass is 32.2. The number of anilines is 1. The largest absolute Gasteiger partial charge is 0.340 e. The van der Waals surface area contributed by atoms with Gasteiger partial charge < -0.3 is 10.6 Å². The molecule has 0 aliphatic rings. The van der Waals surface area contributed by atoms with Crippen LogP contribution in [-0.2, 0) is 21.2 Å². The summed E-state index contributed by atoms with van der Waals surface area (Å²) in [5.41, 5.74) is 1.15. The highest BCUT2D eigenvalue weighted by molar-refractivity contribution is 7.89. The fourth-order valence-electron chi connectivity index (χ4n) is 3.30. The highest BCUT2D eigenvalue weighted by Gasteiger charge is 2.24. The fraction of sp³-hybridized carbons (Fsp3) is 0.231. The third-order valence-electron chi connectivity index (χ3n) is 4.81. The lowest BCUT2D eigenvalue weighted by atomic mass is 10.0. The van der Waals surface area contributed by atoms with Gasteiger partial charge in [-0.2, -0.15) is 0 Å². The second kappa shape index (κ2) is 10.6. The zero-order valence-corrected chi connectivity index (χ0v) is 20.2. The number of rotatable bonds is 8. The standard InChI is InChI=1S/C26H29N3O4S/c1-26(2,3)29-34(32,33)22-16-14-21(15-17-22)27-25(31)23(18-19-10-6-4-7-11-19)28-24(30)20-12-8-5-9-13-20/h4-17,23,29H,18H2,1-3H3,(H,27,31)(H,28,30)/t23-/m0/s1. The van der Waals surface area contributed by atoms with Crippen LogP contribution < -0.4 is 15.4 Å². The van der Waals surface area contributed by atoms with Crippen LogP contribution in [-0.4, -0.2) is 31.8 Å². The normalized spacial score (nSPS) is 12.6. The Kier molecular flexibility index (Phi) is 7.86. The van der Waals surface area contributed by atoms with Gasteiger partial charge in [0.25, 0.3) is 5.91 Å². The Hall–Kier alpha value is -3.49. The molecule has 0 heterocycles. The Morgan fingerprint density at radius 1 is 0.824 bits per heavy atom. The molecule has 3 rings (SSSR count). The molecule has 3 aromatic carbocycles. The number of sulfonamides is 1.